The second kappa shape index (κ2) is 9.87. The number of aliphatic hydroxyl groups excluding tert-OH is 1. The van der Waals surface area contributed by atoms with E-state index < -0.39 is 11.9 Å². The third-order valence-corrected chi connectivity index (χ3v) is 6.43. The second-order valence-electron chi connectivity index (χ2n) is 8.87. The van der Waals surface area contributed by atoms with Gasteiger partial charge in [0.15, 0.2) is 0 Å². The van der Waals surface area contributed by atoms with Gasteiger partial charge in [0.05, 0.1) is 24.4 Å². The molecule has 8 heteroatoms. The van der Waals surface area contributed by atoms with Crippen LogP contribution < -0.4 is 4.74 Å². The van der Waals surface area contributed by atoms with Gasteiger partial charge >= 0.3 is 0 Å². The lowest BCUT2D eigenvalue weighted by molar-refractivity contribution is 0.0501. The Hall–Kier alpha value is -3.36. The van der Waals surface area contributed by atoms with Crippen LogP contribution in [0.15, 0.2) is 54.9 Å². The van der Waals surface area contributed by atoms with Gasteiger partial charge in [-0.1, -0.05) is 24.3 Å². The monoisotopic (exact) mass is 462 g/mol. The molecule has 0 saturated carbocycles. The molecule has 1 atom stereocenters. The van der Waals surface area contributed by atoms with Gasteiger partial charge < -0.3 is 14.7 Å². The normalized spacial score (nSPS) is 16.9. The van der Waals surface area contributed by atoms with E-state index >= 15 is 0 Å². The number of carbonyl (C=O) groups is 1. The summed E-state index contributed by atoms with van der Waals surface area (Å²) in [5.74, 6) is -0.449. The Morgan fingerprint density at radius 3 is 2.76 bits per heavy atom. The molecular weight excluding hydrogens is 435 g/mol. The Morgan fingerprint density at radius 1 is 1.09 bits per heavy atom. The van der Waals surface area contributed by atoms with Gasteiger partial charge in [-0.15, -0.1) is 0 Å². The molecule has 0 fully saturated rings. The molecule has 0 bridgehead atoms. The van der Waals surface area contributed by atoms with Crippen molar-refractivity contribution in [1.29, 1.82) is 0 Å². The van der Waals surface area contributed by atoms with E-state index in [1.165, 1.54) is 17.2 Å². The summed E-state index contributed by atoms with van der Waals surface area (Å²) >= 11 is 0. The lowest BCUT2D eigenvalue weighted by atomic mass is 9.99. The van der Waals surface area contributed by atoms with Crippen LogP contribution in [0.5, 0.6) is 5.75 Å². The molecule has 5 rings (SSSR count). The van der Waals surface area contributed by atoms with Crippen molar-refractivity contribution in [2.75, 3.05) is 32.8 Å². The van der Waals surface area contributed by atoms with Crippen molar-refractivity contribution in [2.45, 2.75) is 25.5 Å². The molecule has 0 saturated heterocycles. The molecule has 0 radical (unpaired) electrons. The first-order chi connectivity index (χ1) is 16.6. The first-order valence-electron chi connectivity index (χ1n) is 11.5. The van der Waals surface area contributed by atoms with E-state index in [-0.39, 0.29) is 24.8 Å². The summed E-state index contributed by atoms with van der Waals surface area (Å²) in [6.45, 7) is 2.92. The number of ether oxygens (including phenoxy) is 1. The van der Waals surface area contributed by atoms with Crippen molar-refractivity contribution in [2.24, 2.45) is 0 Å². The molecule has 176 valence electrons. The summed E-state index contributed by atoms with van der Waals surface area (Å²) in [5, 5.41) is 18.4. The number of aliphatic hydroxyl groups is 1. The number of carbonyl (C=O) groups excluding carboxylic acids is 1. The van der Waals surface area contributed by atoms with Crippen molar-refractivity contribution < 1.29 is 19.0 Å². The topological polar surface area (TPSA) is 78.8 Å². The Bertz CT molecular complexity index is 1170. The van der Waals surface area contributed by atoms with E-state index in [1.54, 1.807) is 29.4 Å². The van der Waals surface area contributed by atoms with Crippen molar-refractivity contribution in [3.63, 3.8) is 0 Å². The highest BCUT2D eigenvalue weighted by Crippen LogP contribution is 2.28. The molecule has 2 aliphatic rings. The van der Waals surface area contributed by atoms with Crippen LogP contribution in [-0.2, 0) is 19.4 Å². The van der Waals surface area contributed by atoms with E-state index in [4.69, 9.17) is 4.74 Å². The van der Waals surface area contributed by atoms with E-state index in [1.807, 2.05) is 6.07 Å². The number of β-amino-alcohol motifs (C(OH)–C–C–N with tert-alkyl or cyclic N) is 1. The number of nitrogens with zero attached hydrogens (tertiary/aromatic N) is 4. The summed E-state index contributed by atoms with van der Waals surface area (Å²) < 4.78 is 20.4. The van der Waals surface area contributed by atoms with Crippen LogP contribution in [0.3, 0.4) is 0 Å². The number of benzene rings is 2. The fourth-order valence-corrected chi connectivity index (χ4v) is 4.70. The molecule has 3 heterocycles. The van der Waals surface area contributed by atoms with E-state index in [9.17, 15) is 14.3 Å². The van der Waals surface area contributed by atoms with Crippen LogP contribution in [0.25, 0.3) is 0 Å². The largest absolute Gasteiger partial charge is 0.491 e. The molecule has 2 aliphatic heterocycles. The standard InChI is InChI=1S/C26H27FN4O3/c27-24-13-25-23(12-21(24)11-18-5-7-28-29-14-18)26(33)31(9-10-34-25)17-22(32)16-30-8-6-19-3-1-2-4-20(19)15-30/h1-5,7,12-14,22,32H,6,8-11,15-17H2. The smallest absolute Gasteiger partial charge is 0.257 e. The van der Waals surface area contributed by atoms with Gasteiger partial charge in [0.2, 0.25) is 0 Å². The lowest BCUT2D eigenvalue weighted by Crippen LogP contribution is -2.44. The highest BCUT2D eigenvalue weighted by molar-refractivity contribution is 5.97. The van der Waals surface area contributed by atoms with Crippen LogP contribution in [0.2, 0.25) is 0 Å². The summed E-state index contributed by atoms with van der Waals surface area (Å²) in [5.41, 5.74) is 4.14. The number of amides is 1. The average molecular weight is 463 g/mol. The molecule has 1 unspecified atom stereocenters. The third-order valence-electron chi connectivity index (χ3n) is 6.43. The highest BCUT2D eigenvalue weighted by atomic mass is 19.1. The molecule has 0 aliphatic carbocycles. The first-order valence-corrected chi connectivity index (χ1v) is 11.5. The molecule has 2 aromatic carbocycles. The van der Waals surface area contributed by atoms with Gasteiger partial charge in [-0.3, -0.25) is 9.69 Å². The maximum Gasteiger partial charge on any atom is 0.257 e. The molecule has 7 nitrogen and oxygen atoms in total. The van der Waals surface area contributed by atoms with Crippen molar-refractivity contribution in [3.05, 3.63) is 88.5 Å². The van der Waals surface area contributed by atoms with E-state index in [0.717, 1.165) is 25.1 Å². The SMILES string of the molecule is O=C1c2cc(Cc3ccnnc3)c(F)cc2OCCN1CC(O)CN1CCc2ccccc2C1. The minimum Gasteiger partial charge on any atom is -0.491 e. The average Bonchev–Trinajstić information content (AvgIpc) is 2.98. The third kappa shape index (κ3) is 4.93. The lowest BCUT2D eigenvalue weighted by Gasteiger charge is -2.32. The minimum absolute atomic E-state index is 0.195. The molecule has 1 aromatic heterocycles. The van der Waals surface area contributed by atoms with Gasteiger partial charge in [0.1, 0.15) is 18.2 Å². The Kier molecular flexibility index (Phi) is 6.51. The Morgan fingerprint density at radius 2 is 1.94 bits per heavy atom. The zero-order valence-electron chi connectivity index (χ0n) is 18.9. The minimum atomic E-state index is -0.696. The molecule has 3 aromatic rings. The van der Waals surface area contributed by atoms with Gasteiger partial charge in [-0.2, -0.15) is 10.2 Å². The quantitative estimate of drug-likeness (QED) is 0.606. The second-order valence-corrected chi connectivity index (χ2v) is 8.87. The maximum atomic E-state index is 14.7. The summed E-state index contributed by atoms with van der Waals surface area (Å²) in [6.07, 6.45) is 3.67. The molecular formula is C26H27FN4O3. The van der Waals surface area contributed by atoms with Gasteiger partial charge in [-0.25, -0.2) is 4.39 Å². The predicted molar refractivity (Wildman–Crippen MR) is 124 cm³/mol. The fraction of sp³-hybridized carbons (Fsp3) is 0.346. The van der Waals surface area contributed by atoms with Crippen molar-refractivity contribution in [3.8, 4) is 5.75 Å². The van der Waals surface area contributed by atoms with Crippen molar-refractivity contribution >= 4 is 5.91 Å². The number of hydrogen-bond donors (Lipinski definition) is 1. The molecule has 1 amide bonds. The van der Waals surface area contributed by atoms with Gasteiger partial charge in [0.25, 0.3) is 5.91 Å². The Labute approximate surface area is 197 Å². The van der Waals surface area contributed by atoms with E-state index in [2.05, 4.69) is 33.3 Å². The number of halogens is 1. The van der Waals surface area contributed by atoms with Gasteiger partial charge in [0, 0.05) is 44.9 Å². The zero-order valence-corrected chi connectivity index (χ0v) is 18.9. The van der Waals surface area contributed by atoms with Crippen molar-refractivity contribution in [1.82, 2.24) is 20.0 Å². The first kappa shape index (κ1) is 22.4. The maximum absolute atomic E-state index is 14.7. The zero-order chi connectivity index (χ0) is 23.5. The molecule has 0 spiro atoms. The predicted octanol–water partition coefficient (Wildman–Crippen LogP) is 2.46. The van der Waals surface area contributed by atoms with Crippen LogP contribution >= 0.6 is 0 Å². The number of fused-ring (bicyclic) bond motifs is 2. The highest BCUT2D eigenvalue weighted by Gasteiger charge is 2.28. The number of hydrogen-bond acceptors (Lipinski definition) is 6. The van der Waals surface area contributed by atoms with Crippen LogP contribution in [-0.4, -0.2) is 69.9 Å². The molecule has 1 N–H and O–H groups in total. The summed E-state index contributed by atoms with van der Waals surface area (Å²) in [7, 11) is 0. The van der Waals surface area contributed by atoms with Crippen LogP contribution in [0.1, 0.15) is 32.6 Å². The van der Waals surface area contributed by atoms with Crippen LogP contribution in [0.4, 0.5) is 4.39 Å². The van der Waals surface area contributed by atoms with E-state index in [0.29, 0.717) is 30.6 Å². The number of rotatable bonds is 6. The summed E-state index contributed by atoms with van der Waals surface area (Å²) in [4.78, 5) is 17.1. The fourth-order valence-electron chi connectivity index (χ4n) is 4.70. The van der Waals surface area contributed by atoms with Crippen LogP contribution in [0, 0.1) is 5.82 Å². The Balaban J connectivity index is 1.27. The summed E-state index contributed by atoms with van der Waals surface area (Å²) in [6, 6.07) is 13.0. The molecule has 34 heavy (non-hydrogen) atoms. The number of aromatic nitrogens is 2. The van der Waals surface area contributed by atoms with Gasteiger partial charge in [-0.05, 0) is 40.8 Å².